The normalized spacial score (nSPS) is 27.0. The van der Waals surface area contributed by atoms with Gasteiger partial charge in [0.15, 0.2) is 5.17 Å². The Morgan fingerprint density at radius 3 is 2.62 bits per heavy atom. The zero-order valence-electron chi connectivity index (χ0n) is 12.9. The third kappa shape index (κ3) is 3.93. The fourth-order valence-electron chi connectivity index (χ4n) is 3.64. The quantitative estimate of drug-likeness (QED) is 0.872. The van der Waals surface area contributed by atoms with Crippen molar-refractivity contribution in [2.24, 2.45) is 4.99 Å². The van der Waals surface area contributed by atoms with Crippen LogP contribution in [0.2, 0.25) is 0 Å². The van der Waals surface area contributed by atoms with E-state index in [0.717, 1.165) is 24.0 Å². The summed E-state index contributed by atoms with van der Waals surface area (Å²) >= 11 is 1.85. The molecule has 0 atom stereocenters. The molecule has 0 aromatic rings. The molecule has 21 heavy (non-hydrogen) atoms. The van der Waals surface area contributed by atoms with Crippen molar-refractivity contribution in [3.8, 4) is 0 Å². The molecule has 3 aliphatic rings. The van der Waals surface area contributed by atoms with Gasteiger partial charge in [-0.3, -0.25) is 9.79 Å². The number of nitrogens with zero attached hydrogens (tertiary/aromatic N) is 2. The predicted molar refractivity (Wildman–Crippen MR) is 88.8 cm³/mol. The summed E-state index contributed by atoms with van der Waals surface area (Å²) in [7, 11) is 0. The van der Waals surface area contributed by atoms with Gasteiger partial charge in [-0.25, -0.2) is 0 Å². The van der Waals surface area contributed by atoms with E-state index in [1.807, 2.05) is 16.7 Å². The van der Waals surface area contributed by atoms with E-state index in [-0.39, 0.29) is 5.91 Å². The zero-order valence-corrected chi connectivity index (χ0v) is 13.7. The van der Waals surface area contributed by atoms with E-state index in [2.05, 4.69) is 10.3 Å². The maximum Gasteiger partial charge on any atom is 0.224 e. The van der Waals surface area contributed by atoms with Gasteiger partial charge in [0.1, 0.15) is 0 Å². The molecule has 1 spiro atoms. The second-order valence-electron chi connectivity index (χ2n) is 6.63. The number of amides is 1. The summed E-state index contributed by atoms with van der Waals surface area (Å²) in [5, 5.41) is 4.72. The van der Waals surface area contributed by atoms with Crippen LogP contribution in [0, 0.1) is 0 Å². The van der Waals surface area contributed by atoms with E-state index >= 15 is 0 Å². The Morgan fingerprint density at radius 2 is 1.86 bits per heavy atom. The largest absolute Gasteiger partial charge is 0.359 e. The van der Waals surface area contributed by atoms with Crippen LogP contribution in [0.3, 0.4) is 0 Å². The minimum atomic E-state index is 0.287. The second kappa shape index (κ2) is 7.03. The van der Waals surface area contributed by atoms with Crippen LogP contribution >= 0.6 is 11.8 Å². The molecule has 1 saturated carbocycles. The van der Waals surface area contributed by atoms with Gasteiger partial charge in [-0.2, -0.15) is 0 Å². The zero-order chi connectivity index (χ0) is 14.5. The van der Waals surface area contributed by atoms with Gasteiger partial charge in [0.05, 0.1) is 6.54 Å². The van der Waals surface area contributed by atoms with E-state index < -0.39 is 0 Å². The van der Waals surface area contributed by atoms with Crippen molar-refractivity contribution in [1.82, 2.24) is 10.2 Å². The van der Waals surface area contributed by atoms with Gasteiger partial charge >= 0.3 is 0 Å². The number of amidine groups is 1. The summed E-state index contributed by atoms with van der Waals surface area (Å²) in [4.78, 5) is 18.7. The predicted octanol–water partition coefficient (Wildman–Crippen LogP) is 2.78. The Kier molecular flexibility index (Phi) is 5.09. The summed E-state index contributed by atoms with van der Waals surface area (Å²) in [5.74, 6) is 1.45. The number of carbonyl (C=O) groups excluding carboxylic acids is 1. The van der Waals surface area contributed by atoms with E-state index in [0.29, 0.717) is 18.5 Å². The average molecular weight is 309 g/mol. The monoisotopic (exact) mass is 309 g/mol. The van der Waals surface area contributed by atoms with Gasteiger partial charge in [0.25, 0.3) is 0 Å². The Morgan fingerprint density at radius 1 is 1.14 bits per heavy atom. The summed E-state index contributed by atoms with van der Waals surface area (Å²) in [6.07, 6.45) is 10.8. The van der Waals surface area contributed by atoms with Gasteiger partial charge in [-0.1, -0.05) is 31.0 Å². The lowest BCUT2D eigenvalue weighted by atomic mass is 9.83. The SMILES string of the molecule is O=C(CCN=C1NC2(CCCCC2)CS1)N1CCCCC1. The fourth-order valence-corrected chi connectivity index (χ4v) is 4.89. The highest BCUT2D eigenvalue weighted by Gasteiger charge is 2.37. The third-order valence-electron chi connectivity index (χ3n) is 4.96. The Balaban J connectivity index is 1.43. The van der Waals surface area contributed by atoms with Crippen LogP contribution in [-0.4, -0.2) is 46.9 Å². The summed E-state index contributed by atoms with van der Waals surface area (Å²) < 4.78 is 0. The number of aliphatic imine (C=N–C) groups is 1. The minimum Gasteiger partial charge on any atom is -0.359 e. The lowest BCUT2D eigenvalue weighted by Gasteiger charge is -2.32. The van der Waals surface area contributed by atoms with Crippen LogP contribution in [0.1, 0.15) is 57.8 Å². The molecule has 5 heteroatoms. The Bertz CT molecular complexity index is 398. The smallest absolute Gasteiger partial charge is 0.224 e. The Labute approximate surface area is 132 Å². The van der Waals surface area contributed by atoms with E-state index in [1.54, 1.807) is 0 Å². The van der Waals surface area contributed by atoms with E-state index in [9.17, 15) is 4.79 Å². The molecular weight excluding hydrogens is 282 g/mol. The molecule has 3 rings (SSSR count). The number of piperidine rings is 1. The number of hydrogen-bond acceptors (Lipinski definition) is 3. The molecule has 118 valence electrons. The first-order valence-electron chi connectivity index (χ1n) is 8.51. The van der Waals surface area contributed by atoms with Crippen molar-refractivity contribution in [2.45, 2.75) is 63.3 Å². The molecule has 0 unspecified atom stereocenters. The van der Waals surface area contributed by atoms with Crippen LogP contribution in [-0.2, 0) is 4.79 Å². The number of thioether (sulfide) groups is 1. The first-order chi connectivity index (χ1) is 10.3. The van der Waals surface area contributed by atoms with Gasteiger partial charge in [0, 0.05) is 30.8 Å². The van der Waals surface area contributed by atoms with Crippen LogP contribution < -0.4 is 5.32 Å². The average Bonchev–Trinajstić information content (AvgIpc) is 2.91. The third-order valence-corrected chi connectivity index (χ3v) is 6.16. The van der Waals surface area contributed by atoms with E-state index in [4.69, 9.17) is 0 Å². The van der Waals surface area contributed by atoms with Crippen LogP contribution in [0.15, 0.2) is 4.99 Å². The summed E-state index contributed by atoms with van der Waals surface area (Å²) in [6.45, 7) is 2.54. The van der Waals surface area contributed by atoms with Gasteiger partial charge in [-0.15, -0.1) is 0 Å². The van der Waals surface area contributed by atoms with E-state index in [1.165, 1.54) is 51.4 Å². The molecule has 0 aromatic heterocycles. The van der Waals surface area contributed by atoms with Gasteiger partial charge in [-0.05, 0) is 32.1 Å². The van der Waals surface area contributed by atoms with Gasteiger partial charge in [0.2, 0.25) is 5.91 Å². The molecule has 2 aliphatic heterocycles. The highest BCUT2D eigenvalue weighted by Crippen LogP contribution is 2.36. The van der Waals surface area contributed by atoms with Crippen molar-refractivity contribution >= 4 is 22.8 Å². The highest BCUT2D eigenvalue weighted by atomic mass is 32.2. The van der Waals surface area contributed by atoms with Crippen molar-refractivity contribution in [2.75, 3.05) is 25.4 Å². The molecule has 2 heterocycles. The van der Waals surface area contributed by atoms with Crippen LogP contribution in [0.4, 0.5) is 0 Å². The molecule has 1 amide bonds. The minimum absolute atomic E-state index is 0.287. The standard InChI is InChI=1S/C16H27N3OS/c20-14(19-11-5-2-6-12-19)7-10-17-15-18-16(13-21-15)8-3-1-4-9-16/h1-13H2,(H,17,18). The molecular formula is C16H27N3OS. The molecule has 1 N–H and O–H groups in total. The molecule has 1 aliphatic carbocycles. The Hall–Kier alpha value is -0.710. The topological polar surface area (TPSA) is 44.7 Å². The lowest BCUT2D eigenvalue weighted by molar-refractivity contribution is -0.131. The number of likely N-dealkylation sites (tertiary alicyclic amines) is 1. The molecule has 3 fully saturated rings. The summed E-state index contributed by atoms with van der Waals surface area (Å²) in [6, 6.07) is 0. The van der Waals surface area contributed by atoms with Gasteiger partial charge < -0.3 is 10.2 Å². The van der Waals surface area contributed by atoms with Crippen molar-refractivity contribution in [3.63, 3.8) is 0 Å². The highest BCUT2D eigenvalue weighted by molar-refractivity contribution is 8.14. The number of carbonyl (C=O) groups is 1. The number of hydrogen-bond donors (Lipinski definition) is 1. The number of rotatable bonds is 3. The number of nitrogens with one attached hydrogen (secondary N) is 1. The molecule has 0 bridgehead atoms. The molecule has 4 nitrogen and oxygen atoms in total. The molecule has 0 radical (unpaired) electrons. The first kappa shape index (κ1) is 15.2. The summed E-state index contributed by atoms with van der Waals surface area (Å²) in [5.41, 5.74) is 0.318. The maximum atomic E-state index is 12.1. The fraction of sp³-hybridized carbons (Fsp3) is 0.875. The molecule has 2 saturated heterocycles. The second-order valence-corrected chi connectivity index (χ2v) is 7.60. The van der Waals surface area contributed by atoms with Crippen LogP contribution in [0.25, 0.3) is 0 Å². The van der Waals surface area contributed by atoms with Crippen molar-refractivity contribution in [3.05, 3.63) is 0 Å². The lowest BCUT2D eigenvalue weighted by Crippen LogP contribution is -2.45. The first-order valence-corrected chi connectivity index (χ1v) is 9.49. The van der Waals surface area contributed by atoms with Crippen LogP contribution in [0.5, 0.6) is 0 Å². The van der Waals surface area contributed by atoms with Crippen molar-refractivity contribution < 1.29 is 4.79 Å². The van der Waals surface area contributed by atoms with Crippen molar-refractivity contribution in [1.29, 1.82) is 0 Å². The maximum absolute atomic E-state index is 12.1. The molecule has 0 aromatic carbocycles.